The number of rotatable bonds is 2. The molecule has 2 aromatic heterocycles. The number of benzene rings is 1. The zero-order chi connectivity index (χ0) is 18.5. The average molecular weight is 390 g/mol. The molecule has 3 heterocycles. The number of aromatic nitrogens is 3. The molecule has 0 aliphatic carbocycles. The lowest BCUT2D eigenvalue weighted by Gasteiger charge is -2.31. The number of hydrogen-bond acceptors (Lipinski definition) is 4. The van der Waals surface area contributed by atoms with E-state index in [1.807, 2.05) is 19.9 Å². The van der Waals surface area contributed by atoms with Crippen molar-refractivity contribution in [3.63, 3.8) is 0 Å². The molecule has 4 rings (SSSR count). The van der Waals surface area contributed by atoms with Crippen molar-refractivity contribution in [3.8, 4) is 0 Å². The summed E-state index contributed by atoms with van der Waals surface area (Å²) in [5.74, 6) is 0. The van der Waals surface area contributed by atoms with Crippen LogP contribution in [0.15, 0.2) is 35.4 Å². The fraction of sp³-hybridized carbons (Fsp3) is 0.316. The van der Waals surface area contributed by atoms with Gasteiger partial charge in [0.2, 0.25) is 0 Å². The zero-order valence-electron chi connectivity index (χ0n) is 14.4. The quantitative estimate of drug-likeness (QED) is 0.664. The molecule has 0 bridgehead atoms. The third-order valence-corrected chi connectivity index (χ3v) is 5.29. The number of fused-ring (bicyclic) bond motifs is 2. The van der Waals surface area contributed by atoms with Crippen molar-refractivity contribution in [1.82, 2.24) is 14.5 Å². The minimum absolute atomic E-state index is 0.175. The molecule has 0 unspecified atom stereocenters. The van der Waals surface area contributed by atoms with E-state index in [9.17, 15) is 4.79 Å². The Balaban J connectivity index is 1.80. The molecule has 0 spiro atoms. The van der Waals surface area contributed by atoms with Gasteiger partial charge >= 0.3 is 0 Å². The number of ether oxygens (including phenoxy) is 1. The smallest absolute Gasteiger partial charge is 0.263 e. The Morgan fingerprint density at radius 2 is 2.00 bits per heavy atom. The standard InChI is InChI=1S/C19H17Cl2N3O2/c1-19(2)7-16-11(9-26-19)6-12-17(23-16)22-10-24(18(12)25)8-13-14(20)4-3-5-15(13)21/h3-6,10H,7-9H2,1-2H3. The molecule has 0 N–H and O–H groups in total. The molecule has 1 aromatic carbocycles. The minimum Gasteiger partial charge on any atom is -0.370 e. The molecular weight excluding hydrogens is 373 g/mol. The summed E-state index contributed by atoms with van der Waals surface area (Å²) in [6, 6.07) is 7.11. The van der Waals surface area contributed by atoms with Crippen molar-refractivity contribution in [2.24, 2.45) is 0 Å². The van der Waals surface area contributed by atoms with Crippen molar-refractivity contribution >= 4 is 34.2 Å². The summed E-state index contributed by atoms with van der Waals surface area (Å²) in [6.45, 7) is 4.75. The van der Waals surface area contributed by atoms with Gasteiger partial charge in [-0.1, -0.05) is 29.3 Å². The maximum Gasteiger partial charge on any atom is 0.263 e. The van der Waals surface area contributed by atoms with Crippen LogP contribution >= 0.6 is 23.2 Å². The number of pyridine rings is 1. The van der Waals surface area contributed by atoms with Gasteiger partial charge < -0.3 is 4.74 Å². The number of halogens is 2. The Morgan fingerprint density at radius 3 is 2.73 bits per heavy atom. The van der Waals surface area contributed by atoms with E-state index in [1.165, 1.54) is 10.9 Å². The fourth-order valence-electron chi connectivity index (χ4n) is 3.14. The molecule has 5 nitrogen and oxygen atoms in total. The van der Waals surface area contributed by atoms with Gasteiger partial charge in [-0.2, -0.15) is 0 Å². The van der Waals surface area contributed by atoms with E-state index in [-0.39, 0.29) is 17.7 Å². The van der Waals surface area contributed by atoms with Crippen molar-refractivity contribution in [3.05, 3.63) is 67.8 Å². The second-order valence-corrected chi connectivity index (χ2v) is 7.88. The fourth-order valence-corrected chi connectivity index (χ4v) is 3.66. The van der Waals surface area contributed by atoms with Crippen LogP contribution in [0, 0.1) is 0 Å². The van der Waals surface area contributed by atoms with Gasteiger partial charge in [0.15, 0.2) is 5.65 Å². The Labute approximate surface area is 160 Å². The molecule has 134 valence electrons. The highest BCUT2D eigenvalue weighted by atomic mass is 35.5. The second-order valence-electron chi connectivity index (χ2n) is 7.07. The van der Waals surface area contributed by atoms with Crippen LogP contribution in [0.2, 0.25) is 10.0 Å². The summed E-state index contributed by atoms with van der Waals surface area (Å²) >= 11 is 12.4. The van der Waals surface area contributed by atoms with Gasteiger partial charge in [-0.05, 0) is 32.0 Å². The Hall–Kier alpha value is -1.95. The van der Waals surface area contributed by atoms with E-state index in [1.54, 1.807) is 18.2 Å². The van der Waals surface area contributed by atoms with Crippen LogP contribution in [-0.2, 0) is 24.3 Å². The SMILES string of the molecule is CC1(C)Cc2nc3ncn(Cc4c(Cl)cccc4Cl)c(=O)c3cc2CO1. The lowest BCUT2D eigenvalue weighted by Crippen LogP contribution is -2.33. The first-order chi connectivity index (χ1) is 12.3. The van der Waals surface area contributed by atoms with Gasteiger partial charge in [0.25, 0.3) is 5.56 Å². The summed E-state index contributed by atoms with van der Waals surface area (Å²) < 4.78 is 7.33. The van der Waals surface area contributed by atoms with Crippen LogP contribution in [0.3, 0.4) is 0 Å². The topological polar surface area (TPSA) is 57.0 Å². The minimum atomic E-state index is -0.260. The van der Waals surface area contributed by atoms with Gasteiger partial charge in [-0.15, -0.1) is 0 Å². The van der Waals surface area contributed by atoms with Crippen LogP contribution in [-0.4, -0.2) is 20.1 Å². The molecule has 0 saturated carbocycles. The lowest BCUT2D eigenvalue weighted by molar-refractivity contribution is -0.0411. The van der Waals surface area contributed by atoms with Crippen LogP contribution in [0.25, 0.3) is 11.0 Å². The molecule has 1 aliphatic rings. The van der Waals surface area contributed by atoms with E-state index in [2.05, 4.69) is 9.97 Å². The lowest BCUT2D eigenvalue weighted by atomic mass is 9.95. The second kappa shape index (κ2) is 6.34. The van der Waals surface area contributed by atoms with Crippen molar-refractivity contribution in [2.45, 2.75) is 39.0 Å². The Kier molecular flexibility index (Phi) is 4.26. The summed E-state index contributed by atoms with van der Waals surface area (Å²) in [5, 5.41) is 1.50. The van der Waals surface area contributed by atoms with Gasteiger partial charge in [0.05, 0.1) is 29.8 Å². The highest BCUT2D eigenvalue weighted by Crippen LogP contribution is 2.28. The average Bonchev–Trinajstić information content (AvgIpc) is 2.58. The third-order valence-electron chi connectivity index (χ3n) is 4.58. The molecule has 26 heavy (non-hydrogen) atoms. The Morgan fingerprint density at radius 1 is 1.27 bits per heavy atom. The van der Waals surface area contributed by atoms with Crippen LogP contribution < -0.4 is 5.56 Å². The van der Waals surface area contributed by atoms with Gasteiger partial charge in [0, 0.05) is 27.6 Å². The molecule has 0 saturated heterocycles. The molecule has 7 heteroatoms. The van der Waals surface area contributed by atoms with Crippen LogP contribution in [0.4, 0.5) is 0 Å². The van der Waals surface area contributed by atoms with Crippen molar-refractivity contribution in [1.29, 1.82) is 0 Å². The maximum atomic E-state index is 12.9. The predicted octanol–water partition coefficient (Wildman–Crippen LogP) is 4.00. The van der Waals surface area contributed by atoms with Crippen LogP contribution in [0.5, 0.6) is 0 Å². The summed E-state index contributed by atoms with van der Waals surface area (Å²) in [6.07, 6.45) is 2.19. The largest absolute Gasteiger partial charge is 0.370 e. The van der Waals surface area contributed by atoms with Crippen LogP contribution in [0.1, 0.15) is 30.7 Å². The first kappa shape index (κ1) is 17.5. The Bertz CT molecular complexity index is 1060. The van der Waals surface area contributed by atoms with E-state index < -0.39 is 0 Å². The molecule has 0 atom stereocenters. The van der Waals surface area contributed by atoms with Crippen molar-refractivity contribution in [2.75, 3.05) is 0 Å². The van der Waals surface area contributed by atoms with Crippen molar-refractivity contribution < 1.29 is 4.74 Å². The third kappa shape index (κ3) is 3.11. The van der Waals surface area contributed by atoms with Gasteiger partial charge in [0.1, 0.15) is 6.33 Å². The number of hydrogen-bond donors (Lipinski definition) is 0. The van der Waals surface area contributed by atoms with Gasteiger partial charge in [-0.25, -0.2) is 9.97 Å². The van der Waals surface area contributed by atoms with E-state index in [4.69, 9.17) is 27.9 Å². The highest BCUT2D eigenvalue weighted by molar-refractivity contribution is 6.35. The summed E-state index contributed by atoms with van der Waals surface area (Å²) in [7, 11) is 0. The van der Waals surface area contributed by atoms with E-state index in [0.29, 0.717) is 39.7 Å². The monoisotopic (exact) mass is 389 g/mol. The molecule has 0 fully saturated rings. The maximum absolute atomic E-state index is 12.9. The molecular formula is C19H17Cl2N3O2. The van der Waals surface area contributed by atoms with E-state index in [0.717, 1.165) is 11.3 Å². The first-order valence-electron chi connectivity index (χ1n) is 8.29. The molecule has 0 amide bonds. The predicted molar refractivity (Wildman–Crippen MR) is 102 cm³/mol. The normalized spacial score (nSPS) is 15.8. The molecule has 3 aromatic rings. The highest BCUT2D eigenvalue weighted by Gasteiger charge is 2.27. The summed E-state index contributed by atoms with van der Waals surface area (Å²) in [5.41, 5.74) is 2.58. The first-order valence-corrected chi connectivity index (χ1v) is 9.04. The summed E-state index contributed by atoms with van der Waals surface area (Å²) in [4.78, 5) is 21.9. The van der Waals surface area contributed by atoms with E-state index >= 15 is 0 Å². The number of nitrogens with zero attached hydrogens (tertiary/aromatic N) is 3. The van der Waals surface area contributed by atoms with Gasteiger partial charge in [-0.3, -0.25) is 9.36 Å². The zero-order valence-corrected chi connectivity index (χ0v) is 15.9. The molecule has 1 aliphatic heterocycles. The molecule has 0 radical (unpaired) electrons.